The van der Waals surface area contributed by atoms with E-state index in [0.717, 1.165) is 16.7 Å². The largest absolute Gasteiger partial charge is 0.479 e. The predicted octanol–water partition coefficient (Wildman–Crippen LogP) is 4.21. The molecule has 4 rings (SSSR count). The van der Waals surface area contributed by atoms with E-state index in [1.165, 1.54) is 6.92 Å². The van der Waals surface area contributed by atoms with Crippen molar-refractivity contribution in [3.63, 3.8) is 0 Å². The minimum Gasteiger partial charge on any atom is -0.479 e. The van der Waals surface area contributed by atoms with Crippen LogP contribution < -0.4 is 15.8 Å². The number of rotatable bonds is 8. The molecule has 4 N–H and O–H groups in total. The van der Waals surface area contributed by atoms with E-state index in [1.807, 2.05) is 0 Å². The van der Waals surface area contributed by atoms with Gasteiger partial charge in [0.1, 0.15) is 11.0 Å². The van der Waals surface area contributed by atoms with Crippen LogP contribution in [0.15, 0.2) is 42.5 Å². The minimum atomic E-state index is -4.61. The quantitative estimate of drug-likeness (QED) is 0.413. The highest BCUT2D eigenvalue weighted by Crippen LogP contribution is 2.60. The fraction of sp³-hybridized carbons (Fsp3) is 0.458. The number of carbonyl (C=O) groups is 1. The minimum absolute atomic E-state index is 0. The monoisotopic (exact) mass is 564 g/mol. The Morgan fingerprint density at radius 3 is 2.42 bits per heavy atom. The van der Waals surface area contributed by atoms with Crippen LogP contribution in [0.2, 0.25) is 5.02 Å². The zero-order chi connectivity index (χ0) is 25.6. The molecule has 7 nitrogen and oxygen atoms in total. The Bertz CT molecular complexity index is 1220. The lowest BCUT2D eigenvalue weighted by molar-refractivity contribution is -0.138. The fourth-order valence-corrected chi connectivity index (χ4v) is 6.42. The lowest BCUT2D eigenvalue weighted by Crippen LogP contribution is -2.57. The Labute approximate surface area is 219 Å². The number of halogens is 4. The molecule has 2 aromatic rings. The highest BCUT2D eigenvalue weighted by atomic mass is 35.5. The van der Waals surface area contributed by atoms with E-state index in [1.54, 1.807) is 42.5 Å². The van der Waals surface area contributed by atoms with Gasteiger partial charge in [0.2, 0.25) is 5.92 Å². The number of amides is 1. The average Bonchev–Trinajstić information content (AvgIpc) is 2.76. The van der Waals surface area contributed by atoms with Crippen LogP contribution in [0.3, 0.4) is 0 Å². The number of ether oxygens (including phenoxy) is 1. The molecule has 3 atom stereocenters. The van der Waals surface area contributed by atoms with Gasteiger partial charge in [0.05, 0.1) is 0 Å². The summed E-state index contributed by atoms with van der Waals surface area (Å²) < 4.78 is 67.4. The van der Waals surface area contributed by atoms with Gasteiger partial charge in [-0.3, -0.25) is 9.35 Å². The first kappa shape index (κ1) is 28.6. The summed E-state index contributed by atoms with van der Waals surface area (Å²) in [6.07, 6.45) is -1.78. The van der Waals surface area contributed by atoms with Crippen LogP contribution in [-0.2, 0) is 26.7 Å². The Hall–Kier alpha value is -1.98. The van der Waals surface area contributed by atoms with Gasteiger partial charge in [-0.1, -0.05) is 36.7 Å². The highest BCUT2D eigenvalue weighted by Gasteiger charge is 2.61. The molecular weight excluding hydrogens is 537 g/mol. The van der Waals surface area contributed by atoms with Gasteiger partial charge >= 0.3 is 0 Å². The summed E-state index contributed by atoms with van der Waals surface area (Å²) >= 11 is 6.03. The van der Waals surface area contributed by atoms with Gasteiger partial charge in [-0.15, -0.1) is 12.4 Å². The summed E-state index contributed by atoms with van der Waals surface area (Å²) in [5.74, 6) is -3.70. The van der Waals surface area contributed by atoms with Crippen LogP contribution in [0.4, 0.5) is 8.78 Å². The van der Waals surface area contributed by atoms with E-state index in [9.17, 15) is 26.5 Å². The van der Waals surface area contributed by atoms with E-state index in [4.69, 9.17) is 22.1 Å². The second kappa shape index (κ2) is 10.4. The number of benzene rings is 2. The van der Waals surface area contributed by atoms with Gasteiger partial charge in [-0.25, -0.2) is 8.78 Å². The van der Waals surface area contributed by atoms with Gasteiger partial charge in [0, 0.05) is 29.3 Å². The van der Waals surface area contributed by atoms with Gasteiger partial charge < -0.3 is 15.8 Å². The SMILES string of the molecule is CCC(C(Oc1ccc2c(c1)C(C1(c3ccc(Cl)cc3)CC(F)(F)C1)NCC2)C(N)=O)S(=O)(=O)O.Cl. The molecule has 1 heterocycles. The van der Waals surface area contributed by atoms with Crippen molar-refractivity contribution in [2.75, 3.05) is 6.54 Å². The number of hydrogen-bond acceptors (Lipinski definition) is 5. The summed E-state index contributed by atoms with van der Waals surface area (Å²) in [7, 11) is -4.61. The maximum Gasteiger partial charge on any atom is 0.272 e. The maximum absolute atomic E-state index is 14.3. The molecule has 0 radical (unpaired) electrons. The number of carbonyl (C=O) groups excluding carboxylic acids is 1. The average molecular weight is 565 g/mol. The fourth-order valence-electron chi connectivity index (χ4n) is 5.37. The third kappa shape index (κ3) is 5.47. The van der Waals surface area contributed by atoms with Crippen LogP contribution in [0.5, 0.6) is 5.75 Å². The van der Waals surface area contributed by atoms with Crippen molar-refractivity contribution in [1.82, 2.24) is 5.32 Å². The molecule has 2 aliphatic rings. The number of nitrogens with one attached hydrogen (secondary N) is 1. The summed E-state index contributed by atoms with van der Waals surface area (Å²) in [6, 6.07) is 11.4. The molecule has 0 saturated heterocycles. The number of alkyl halides is 2. The van der Waals surface area contributed by atoms with Gasteiger partial charge in [0.25, 0.3) is 16.0 Å². The Kier molecular flexibility index (Phi) is 8.27. The third-order valence-corrected chi connectivity index (χ3v) is 8.55. The van der Waals surface area contributed by atoms with E-state index in [0.29, 0.717) is 18.0 Å². The first-order valence-electron chi connectivity index (χ1n) is 11.3. The molecule has 3 unspecified atom stereocenters. The maximum atomic E-state index is 14.3. The van der Waals surface area contributed by atoms with Crippen LogP contribution in [0.25, 0.3) is 0 Å². The molecule has 1 amide bonds. The standard InChI is InChI=1S/C24H27ClF2N2O5S.ClH/c1-2-19(35(31,32)33)20(22(28)30)34-17-8-3-14-9-10-29-21(18(14)11-17)23(12-24(26,27)13-23)15-4-6-16(25)7-5-15;/h3-8,11,19-21,29H,2,9-10,12-13H2,1H3,(H2,28,30)(H,31,32,33);1H. The number of fused-ring (bicyclic) bond motifs is 1. The van der Waals surface area contributed by atoms with Gasteiger partial charge in [-0.05, 0) is 60.3 Å². The summed E-state index contributed by atoms with van der Waals surface area (Å²) in [5, 5.41) is 2.34. The van der Waals surface area contributed by atoms with Crippen molar-refractivity contribution in [2.24, 2.45) is 5.73 Å². The number of primary amides is 1. The van der Waals surface area contributed by atoms with E-state index < -0.39 is 44.8 Å². The van der Waals surface area contributed by atoms with E-state index in [2.05, 4.69) is 5.32 Å². The van der Waals surface area contributed by atoms with Gasteiger partial charge in [-0.2, -0.15) is 8.42 Å². The molecule has 198 valence electrons. The van der Waals surface area contributed by atoms with E-state index >= 15 is 0 Å². The summed E-state index contributed by atoms with van der Waals surface area (Å²) in [5.41, 5.74) is 6.89. The summed E-state index contributed by atoms with van der Waals surface area (Å²) in [6.45, 7) is 2.07. The van der Waals surface area contributed by atoms with Gasteiger partial charge in [0.15, 0.2) is 6.10 Å². The molecule has 1 aliphatic carbocycles. The molecule has 0 spiro atoms. The van der Waals surface area contributed by atoms with Crippen LogP contribution in [0, 0.1) is 0 Å². The Morgan fingerprint density at radius 1 is 1.25 bits per heavy atom. The normalized spacial score (nSPS) is 21.8. The number of hydrogen-bond donors (Lipinski definition) is 3. The summed E-state index contributed by atoms with van der Waals surface area (Å²) in [4.78, 5) is 12.0. The lowest BCUT2D eigenvalue weighted by atomic mass is 9.56. The Morgan fingerprint density at radius 2 is 1.89 bits per heavy atom. The third-order valence-electron chi connectivity index (χ3n) is 6.96. The topological polar surface area (TPSA) is 119 Å². The molecule has 0 bridgehead atoms. The molecule has 12 heteroatoms. The second-order valence-corrected chi connectivity index (χ2v) is 11.3. The zero-order valence-electron chi connectivity index (χ0n) is 19.4. The van der Waals surface area contributed by atoms with Crippen LogP contribution in [0.1, 0.15) is 48.9 Å². The molecule has 36 heavy (non-hydrogen) atoms. The number of nitrogens with two attached hydrogens (primary N) is 1. The predicted molar refractivity (Wildman–Crippen MR) is 135 cm³/mol. The molecule has 1 aliphatic heterocycles. The van der Waals surface area contributed by atoms with E-state index in [-0.39, 0.29) is 37.4 Å². The smallest absolute Gasteiger partial charge is 0.272 e. The molecular formula is C24H28Cl2F2N2O5S. The Balaban J connectivity index is 0.00000361. The molecule has 1 saturated carbocycles. The molecule has 2 aromatic carbocycles. The first-order chi connectivity index (χ1) is 16.4. The zero-order valence-corrected chi connectivity index (χ0v) is 21.8. The van der Waals surface area contributed by atoms with Crippen molar-refractivity contribution in [3.8, 4) is 5.75 Å². The first-order valence-corrected chi connectivity index (χ1v) is 13.2. The second-order valence-electron chi connectivity index (χ2n) is 9.27. The lowest BCUT2D eigenvalue weighted by Gasteiger charge is -2.54. The molecule has 0 aromatic heterocycles. The van der Waals surface area contributed by atoms with Crippen LogP contribution >= 0.6 is 24.0 Å². The van der Waals surface area contributed by atoms with Crippen molar-refractivity contribution in [3.05, 3.63) is 64.2 Å². The van der Waals surface area contributed by atoms with Crippen molar-refractivity contribution >= 4 is 40.0 Å². The van der Waals surface area contributed by atoms with Crippen molar-refractivity contribution < 1.29 is 31.3 Å². The van der Waals surface area contributed by atoms with Crippen LogP contribution in [-0.4, -0.2) is 42.7 Å². The highest BCUT2D eigenvalue weighted by molar-refractivity contribution is 7.86. The van der Waals surface area contributed by atoms with Crippen molar-refractivity contribution in [2.45, 2.75) is 61.3 Å². The van der Waals surface area contributed by atoms with Crippen molar-refractivity contribution in [1.29, 1.82) is 0 Å². The molecule has 1 fully saturated rings.